The number of halogens is 1. The van der Waals surface area contributed by atoms with Gasteiger partial charge in [0.2, 0.25) is 0 Å². The molecule has 0 saturated carbocycles. The Bertz CT molecular complexity index is 149. The summed E-state index contributed by atoms with van der Waals surface area (Å²) in [6, 6.07) is -1.46. The van der Waals surface area contributed by atoms with Crippen LogP contribution in [-0.2, 0) is 9.63 Å². The van der Waals surface area contributed by atoms with Gasteiger partial charge >= 0.3 is 12.0 Å². The van der Waals surface area contributed by atoms with Crippen molar-refractivity contribution in [2.75, 3.05) is 0 Å². The Morgan fingerprint density at radius 2 is 2.20 bits per heavy atom. The standard InChI is InChI=1S/C4H7FN2O3/c1-2-3(8)10-7(5)4(6)9/h2H2,1H3,(H2,6,9). The lowest BCUT2D eigenvalue weighted by atomic mass is 10.5. The van der Waals surface area contributed by atoms with Crippen molar-refractivity contribution < 1.29 is 18.9 Å². The number of hydrogen-bond acceptors (Lipinski definition) is 3. The topological polar surface area (TPSA) is 72.6 Å². The largest absolute Gasteiger partial charge is 0.379 e. The highest BCUT2D eigenvalue weighted by atomic mass is 19.2. The fourth-order valence-corrected chi connectivity index (χ4v) is 0.199. The third-order valence-corrected chi connectivity index (χ3v) is 0.644. The van der Waals surface area contributed by atoms with E-state index in [0.717, 1.165) is 0 Å². The number of nitrogens with zero attached hydrogens (tertiary/aromatic N) is 1. The SMILES string of the molecule is CCC(=O)ON(F)C(N)=O. The molecular formula is C4H7FN2O3. The van der Waals surface area contributed by atoms with Gasteiger partial charge in [0.25, 0.3) is 0 Å². The highest BCUT2D eigenvalue weighted by molar-refractivity contribution is 5.74. The average Bonchev–Trinajstić information content (AvgIpc) is 1.87. The number of hydrogen-bond donors (Lipinski definition) is 1. The van der Waals surface area contributed by atoms with E-state index < -0.39 is 17.3 Å². The highest BCUT2D eigenvalue weighted by Crippen LogP contribution is 1.92. The molecule has 2 N–H and O–H groups in total. The summed E-state index contributed by atoms with van der Waals surface area (Å²) in [5, 5.41) is -0.814. The van der Waals surface area contributed by atoms with Crippen molar-refractivity contribution in [1.29, 1.82) is 0 Å². The van der Waals surface area contributed by atoms with Crippen LogP contribution < -0.4 is 5.73 Å². The Labute approximate surface area is 56.4 Å². The molecule has 2 amide bonds. The summed E-state index contributed by atoms with van der Waals surface area (Å²) in [5.74, 6) is -0.860. The molecule has 0 spiro atoms. The van der Waals surface area contributed by atoms with Gasteiger partial charge in [-0.05, 0) is 0 Å². The van der Waals surface area contributed by atoms with Crippen molar-refractivity contribution in [3.05, 3.63) is 0 Å². The van der Waals surface area contributed by atoms with E-state index in [1.54, 1.807) is 0 Å². The second-order valence-corrected chi connectivity index (χ2v) is 1.40. The number of urea groups is 1. The Morgan fingerprint density at radius 1 is 1.70 bits per heavy atom. The summed E-state index contributed by atoms with van der Waals surface area (Å²) in [7, 11) is 0. The lowest BCUT2D eigenvalue weighted by Gasteiger charge is -2.05. The summed E-state index contributed by atoms with van der Waals surface area (Å²) in [5.41, 5.74) is 4.37. The fourth-order valence-electron chi connectivity index (χ4n) is 0.199. The van der Waals surface area contributed by atoms with Crippen LogP contribution in [0.25, 0.3) is 0 Å². The van der Waals surface area contributed by atoms with Crippen LogP contribution in [0.3, 0.4) is 0 Å². The zero-order valence-corrected chi connectivity index (χ0v) is 5.33. The molecule has 0 aliphatic rings. The molecule has 6 heteroatoms. The Hall–Kier alpha value is -1.33. The third kappa shape index (κ3) is 2.85. The van der Waals surface area contributed by atoms with Crippen LogP contribution in [-0.4, -0.2) is 17.3 Å². The van der Waals surface area contributed by atoms with Crippen molar-refractivity contribution in [1.82, 2.24) is 5.29 Å². The van der Waals surface area contributed by atoms with Crippen molar-refractivity contribution in [2.45, 2.75) is 13.3 Å². The number of amides is 2. The molecule has 0 aromatic rings. The van der Waals surface area contributed by atoms with Crippen LogP contribution in [0.5, 0.6) is 0 Å². The predicted octanol–water partition coefficient (Wildman–Crippen LogP) is 0.120. The molecule has 0 saturated heterocycles. The van der Waals surface area contributed by atoms with E-state index in [2.05, 4.69) is 10.6 Å². The second-order valence-electron chi connectivity index (χ2n) is 1.40. The minimum Gasteiger partial charge on any atom is -0.347 e. The Morgan fingerprint density at radius 3 is 2.50 bits per heavy atom. The van der Waals surface area contributed by atoms with Crippen LogP contribution in [0.15, 0.2) is 0 Å². The molecule has 0 unspecified atom stereocenters. The first kappa shape index (κ1) is 8.67. The van der Waals surface area contributed by atoms with Gasteiger partial charge in [0.1, 0.15) is 0 Å². The van der Waals surface area contributed by atoms with Crippen LogP contribution in [0.2, 0.25) is 0 Å². The van der Waals surface area contributed by atoms with Gasteiger partial charge in [-0.3, -0.25) is 0 Å². The summed E-state index contributed by atoms with van der Waals surface area (Å²) < 4.78 is 11.9. The fraction of sp³-hybridized carbons (Fsp3) is 0.500. The van der Waals surface area contributed by atoms with Crippen LogP contribution in [0.1, 0.15) is 13.3 Å². The second kappa shape index (κ2) is 3.65. The quantitative estimate of drug-likeness (QED) is 0.426. The summed E-state index contributed by atoms with van der Waals surface area (Å²) in [6.07, 6.45) is -0.0201. The first-order chi connectivity index (χ1) is 4.57. The minimum atomic E-state index is -1.46. The van der Waals surface area contributed by atoms with Gasteiger partial charge in [-0.2, -0.15) is 0 Å². The van der Waals surface area contributed by atoms with Gasteiger partial charge in [0.15, 0.2) is 0 Å². The maximum atomic E-state index is 11.9. The maximum absolute atomic E-state index is 11.9. The first-order valence-electron chi connectivity index (χ1n) is 2.54. The van der Waals surface area contributed by atoms with Crippen LogP contribution in [0.4, 0.5) is 9.28 Å². The van der Waals surface area contributed by atoms with Gasteiger partial charge in [0, 0.05) is 11.7 Å². The van der Waals surface area contributed by atoms with Crippen LogP contribution >= 0.6 is 0 Å². The molecule has 0 rings (SSSR count). The van der Waals surface area contributed by atoms with Crippen LogP contribution in [0, 0.1) is 0 Å². The van der Waals surface area contributed by atoms with Crippen molar-refractivity contribution in [3.63, 3.8) is 0 Å². The highest BCUT2D eigenvalue weighted by Gasteiger charge is 2.12. The van der Waals surface area contributed by atoms with Crippen molar-refractivity contribution in [3.8, 4) is 0 Å². The molecule has 5 nitrogen and oxygen atoms in total. The summed E-state index contributed by atoms with van der Waals surface area (Å²) in [4.78, 5) is 23.8. The molecule has 0 aliphatic carbocycles. The van der Waals surface area contributed by atoms with E-state index in [9.17, 15) is 14.1 Å². The lowest BCUT2D eigenvalue weighted by Crippen LogP contribution is -2.30. The predicted molar refractivity (Wildman–Crippen MR) is 28.9 cm³/mol. The number of carbonyl (C=O) groups excluding carboxylic acids is 2. The number of primary amides is 1. The van der Waals surface area contributed by atoms with Gasteiger partial charge < -0.3 is 10.6 Å². The van der Waals surface area contributed by atoms with E-state index >= 15 is 0 Å². The number of nitrogens with two attached hydrogens (primary N) is 1. The van der Waals surface area contributed by atoms with Gasteiger partial charge in [-0.1, -0.05) is 11.4 Å². The molecule has 0 heterocycles. The molecular weight excluding hydrogens is 143 g/mol. The molecule has 0 aliphatic heterocycles. The number of rotatable bonds is 1. The molecule has 0 bridgehead atoms. The molecule has 10 heavy (non-hydrogen) atoms. The molecule has 0 atom stereocenters. The van der Waals surface area contributed by atoms with Gasteiger partial charge in [-0.25, -0.2) is 9.59 Å². The number of carbonyl (C=O) groups is 2. The monoisotopic (exact) mass is 150 g/mol. The number of hydroxylamine groups is 1. The van der Waals surface area contributed by atoms with Gasteiger partial charge in [-0.15, -0.1) is 0 Å². The molecule has 0 aromatic heterocycles. The first-order valence-corrected chi connectivity index (χ1v) is 2.54. The maximum Gasteiger partial charge on any atom is 0.379 e. The molecule has 0 fully saturated rings. The molecule has 0 radical (unpaired) electrons. The Balaban J connectivity index is 3.68. The summed E-state index contributed by atoms with van der Waals surface area (Å²) in [6.45, 7) is 1.46. The normalized spacial score (nSPS) is 8.60. The van der Waals surface area contributed by atoms with Gasteiger partial charge in [0.05, 0.1) is 0 Å². The van der Waals surface area contributed by atoms with E-state index in [1.165, 1.54) is 6.92 Å². The summed E-state index contributed by atoms with van der Waals surface area (Å²) >= 11 is 0. The zero-order valence-electron chi connectivity index (χ0n) is 5.33. The Kier molecular flexibility index (Phi) is 3.16. The van der Waals surface area contributed by atoms with E-state index in [0.29, 0.717) is 0 Å². The zero-order chi connectivity index (χ0) is 8.15. The lowest BCUT2D eigenvalue weighted by molar-refractivity contribution is -0.228. The van der Waals surface area contributed by atoms with E-state index in [4.69, 9.17) is 0 Å². The van der Waals surface area contributed by atoms with E-state index in [1.807, 2.05) is 0 Å². The van der Waals surface area contributed by atoms with Crippen molar-refractivity contribution in [2.24, 2.45) is 5.73 Å². The third-order valence-electron chi connectivity index (χ3n) is 0.644. The molecule has 0 aromatic carbocycles. The minimum absolute atomic E-state index is 0.0201. The van der Waals surface area contributed by atoms with E-state index in [-0.39, 0.29) is 6.42 Å². The smallest absolute Gasteiger partial charge is 0.347 e. The average molecular weight is 150 g/mol. The van der Waals surface area contributed by atoms with Crippen molar-refractivity contribution >= 4 is 12.0 Å². The molecule has 58 valence electrons.